The van der Waals surface area contributed by atoms with Crippen LogP contribution in [0.2, 0.25) is 50.6 Å². The first-order valence-corrected chi connectivity index (χ1v) is 15.8. The fraction of sp³-hybridized carbons (Fsp3) is 1.00. The molecule has 0 amide bonds. The van der Waals surface area contributed by atoms with Crippen molar-refractivity contribution < 1.29 is 13.7 Å². The lowest BCUT2D eigenvalue weighted by Gasteiger charge is -2.33. The lowest BCUT2D eigenvalue weighted by atomic mass is 11.7. The van der Waals surface area contributed by atoms with Gasteiger partial charge in [-0.3, -0.25) is 0 Å². The maximum absolute atomic E-state index is 10.5. The average Bonchev–Trinajstić information content (AvgIpc) is 1.74. The summed E-state index contributed by atoms with van der Waals surface area (Å²) in [5, 5.41) is 0. The molecule has 0 atom stereocenters. The molecular formula is C8H24O3Si4. The Balaban J connectivity index is 4.59. The molecule has 7 heteroatoms. The molecular weight excluding hydrogens is 256 g/mol. The van der Waals surface area contributed by atoms with Gasteiger partial charge in [-0.1, -0.05) is 39.3 Å². The second kappa shape index (κ2) is 5.39. The van der Waals surface area contributed by atoms with Gasteiger partial charge in [-0.25, -0.2) is 0 Å². The van der Waals surface area contributed by atoms with Crippen molar-refractivity contribution >= 4 is 34.7 Å². The molecule has 2 radical (unpaired) electrons. The Labute approximate surface area is 99.2 Å². The van der Waals surface area contributed by atoms with Crippen LogP contribution in [0.4, 0.5) is 0 Å². The quantitative estimate of drug-likeness (QED) is 0.729. The van der Waals surface area contributed by atoms with Crippen molar-refractivity contribution in [3.63, 3.8) is 0 Å². The molecule has 0 aromatic rings. The van der Waals surface area contributed by atoms with Gasteiger partial charge < -0.3 is 13.7 Å². The normalized spacial score (nSPS) is 14.4. The van der Waals surface area contributed by atoms with Gasteiger partial charge in [0.1, 0.15) is 0 Å². The first-order chi connectivity index (χ1) is 6.47. The second-order valence-corrected chi connectivity index (χ2v) is 22.6. The van der Waals surface area contributed by atoms with Crippen molar-refractivity contribution in [1.82, 2.24) is 0 Å². The van der Waals surface area contributed by atoms with Gasteiger partial charge in [-0.15, -0.1) is 0 Å². The summed E-state index contributed by atoms with van der Waals surface area (Å²) >= 11 is 0. The minimum atomic E-state index is -2.63. The third-order valence-electron chi connectivity index (χ3n) is 1.85. The van der Waals surface area contributed by atoms with Gasteiger partial charge in [0.25, 0.3) is 0 Å². The number of hydrogen-bond acceptors (Lipinski definition) is 3. The van der Waals surface area contributed by atoms with Crippen molar-refractivity contribution in [3.8, 4) is 0 Å². The van der Waals surface area contributed by atoms with E-state index in [2.05, 4.69) is 39.3 Å². The summed E-state index contributed by atoms with van der Waals surface area (Å²) in [6.45, 7) is 13.4. The molecule has 0 heterocycles. The first-order valence-electron chi connectivity index (χ1n) is 5.27. The van der Waals surface area contributed by atoms with E-state index >= 15 is 0 Å². The molecule has 0 saturated heterocycles. The van der Waals surface area contributed by atoms with E-state index < -0.39 is 34.7 Å². The zero-order valence-electron chi connectivity index (χ0n) is 10.7. The van der Waals surface area contributed by atoms with Gasteiger partial charge in [-0.2, -0.15) is 0 Å². The molecule has 0 unspecified atom stereocenters. The highest BCUT2D eigenvalue weighted by atomic mass is 28.5. The third kappa shape index (κ3) is 8.54. The summed E-state index contributed by atoms with van der Waals surface area (Å²) in [7, 11) is -5.85. The van der Waals surface area contributed by atoms with Crippen LogP contribution < -0.4 is 0 Å². The summed E-state index contributed by atoms with van der Waals surface area (Å²) in [4.78, 5) is 19.4. The van der Waals surface area contributed by atoms with Crippen LogP contribution >= 0.6 is 0 Å². The lowest BCUT2D eigenvalue weighted by Crippen LogP contribution is -2.51. The van der Waals surface area contributed by atoms with Crippen LogP contribution in [-0.4, -0.2) is 44.3 Å². The first kappa shape index (κ1) is 15.7. The minimum Gasteiger partial charge on any atom is -0.413 e. The molecule has 0 rings (SSSR count). The van der Waals surface area contributed by atoms with E-state index in [1.54, 1.807) is 0 Å². The standard InChI is InChI=1S/C8H24O3Si4/c1-13(2,3)7-15(10,11-12-9)8-14(4,5)6/h9-10H,7-8H2,1-6H3. The highest BCUT2D eigenvalue weighted by Gasteiger charge is 2.42. The Hall–Kier alpha value is 0.748. The summed E-state index contributed by atoms with van der Waals surface area (Å²) in [5.74, 6) is 0. The molecule has 90 valence electrons. The molecule has 0 saturated carbocycles. The molecule has 2 N–H and O–H groups in total. The van der Waals surface area contributed by atoms with E-state index in [1.165, 1.54) is 0 Å². The molecule has 0 bridgehead atoms. The zero-order chi connectivity index (χ0) is 12.3. The Bertz CT molecular complexity index is 181. The molecule has 0 aromatic carbocycles. The van der Waals surface area contributed by atoms with Crippen LogP contribution in [0.5, 0.6) is 0 Å². The molecule has 0 aliphatic rings. The Morgan fingerprint density at radius 1 is 0.933 bits per heavy atom. The SMILES string of the molecule is C[Si](C)(C)C[Si](O)(C[Si](C)(C)C)O[Si]O. The van der Waals surface area contributed by atoms with E-state index in [0.717, 1.165) is 11.3 Å². The van der Waals surface area contributed by atoms with E-state index in [4.69, 9.17) is 8.91 Å². The van der Waals surface area contributed by atoms with E-state index in [-0.39, 0.29) is 0 Å². The predicted molar refractivity (Wildman–Crippen MR) is 73.3 cm³/mol. The molecule has 0 aromatic heterocycles. The van der Waals surface area contributed by atoms with Gasteiger partial charge in [0.05, 0.1) is 0 Å². The highest BCUT2D eigenvalue weighted by molar-refractivity contribution is 6.98. The summed E-state index contributed by atoms with van der Waals surface area (Å²) in [5.41, 5.74) is 1.66. The summed E-state index contributed by atoms with van der Waals surface area (Å²) in [6, 6.07) is 0. The molecule has 3 nitrogen and oxygen atoms in total. The minimum absolute atomic E-state index is 0.563. The van der Waals surface area contributed by atoms with Gasteiger partial charge in [0.2, 0.25) is 0 Å². The summed E-state index contributed by atoms with van der Waals surface area (Å²) < 4.78 is 5.33. The maximum atomic E-state index is 10.5. The monoisotopic (exact) mass is 280 g/mol. The van der Waals surface area contributed by atoms with Gasteiger partial charge in [0, 0.05) is 16.1 Å². The zero-order valence-corrected chi connectivity index (χ0v) is 14.7. The van der Waals surface area contributed by atoms with Gasteiger partial charge in [-0.05, 0) is 11.3 Å². The van der Waals surface area contributed by atoms with Crippen LogP contribution in [0.1, 0.15) is 0 Å². The highest BCUT2D eigenvalue weighted by Crippen LogP contribution is 2.26. The van der Waals surface area contributed by atoms with Crippen LogP contribution in [-0.2, 0) is 4.12 Å². The van der Waals surface area contributed by atoms with Crippen molar-refractivity contribution in [3.05, 3.63) is 0 Å². The van der Waals surface area contributed by atoms with Crippen LogP contribution in [0.15, 0.2) is 0 Å². The fourth-order valence-corrected chi connectivity index (χ4v) is 19.3. The van der Waals surface area contributed by atoms with Crippen molar-refractivity contribution in [2.24, 2.45) is 0 Å². The Morgan fingerprint density at radius 2 is 1.27 bits per heavy atom. The molecule has 15 heavy (non-hydrogen) atoms. The fourth-order valence-electron chi connectivity index (χ4n) is 1.88. The molecule has 0 aliphatic carbocycles. The van der Waals surface area contributed by atoms with Gasteiger partial charge in [0.15, 0.2) is 0 Å². The van der Waals surface area contributed by atoms with E-state index in [9.17, 15) is 4.80 Å². The molecule has 0 spiro atoms. The molecule has 0 aliphatic heterocycles. The second-order valence-electron chi connectivity index (χ2n) is 6.61. The van der Waals surface area contributed by atoms with E-state index in [1.807, 2.05) is 0 Å². The Morgan fingerprint density at radius 3 is 1.47 bits per heavy atom. The van der Waals surface area contributed by atoms with Crippen LogP contribution in [0, 0.1) is 0 Å². The largest absolute Gasteiger partial charge is 0.420 e. The third-order valence-corrected chi connectivity index (χ3v) is 16.6. The maximum Gasteiger partial charge on any atom is 0.420 e. The van der Waals surface area contributed by atoms with E-state index in [0.29, 0.717) is 0 Å². The van der Waals surface area contributed by atoms with Crippen molar-refractivity contribution in [2.75, 3.05) is 0 Å². The topological polar surface area (TPSA) is 49.7 Å². The van der Waals surface area contributed by atoms with Crippen LogP contribution in [0.3, 0.4) is 0 Å². The van der Waals surface area contributed by atoms with Crippen molar-refractivity contribution in [2.45, 2.75) is 50.6 Å². The smallest absolute Gasteiger partial charge is 0.413 e. The summed E-state index contributed by atoms with van der Waals surface area (Å²) in [6.07, 6.45) is 0. The van der Waals surface area contributed by atoms with Crippen molar-refractivity contribution in [1.29, 1.82) is 0 Å². The Kier molecular flexibility index (Phi) is 5.65. The average molecular weight is 281 g/mol. The molecule has 0 fully saturated rings. The van der Waals surface area contributed by atoms with Gasteiger partial charge >= 0.3 is 18.6 Å². The lowest BCUT2D eigenvalue weighted by molar-refractivity contribution is 0.354. The predicted octanol–water partition coefficient (Wildman–Crippen LogP) is 1.72. The number of rotatable bonds is 6. The number of hydrogen-bond donors (Lipinski definition) is 2. The van der Waals surface area contributed by atoms with Crippen LogP contribution in [0.25, 0.3) is 0 Å².